The molecule has 1 aliphatic rings. The van der Waals surface area contributed by atoms with Gasteiger partial charge in [-0.05, 0) is 44.0 Å². The molecule has 1 aromatic rings. The fraction of sp³-hybridized carbons (Fsp3) is 0.500. The van der Waals surface area contributed by atoms with E-state index in [9.17, 15) is 13.2 Å². The van der Waals surface area contributed by atoms with Crippen LogP contribution >= 0.6 is 28.3 Å². The van der Waals surface area contributed by atoms with E-state index in [-0.39, 0.29) is 35.4 Å². The molecule has 1 saturated heterocycles. The Hall–Kier alpha value is -0.670. The van der Waals surface area contributed by atoms with Gasteiger partial charge in [0.1, 0.15) is 0 Å². The quantitative estimate of drug-likeness (QED) is 0.726. The Morgan fingerprint density at radius 3 is 2.70 bits per heavy atom. The van der Waals surface area contributed by atoms with Gasteiger partial charge in [-0.2, -0.15) is 4.31 Å². The summed E-state index contributed by atoms with van der Waals surface area (Å²) in [6, 6.07) is 4.39. The molecule has 2 N–H and O–H groups in total. The maximum absolute atomic E-state index is 12.7. The maximum Gasteiger partial charge on any atom is 0.338 e. The van der Waals surface area contributed by atoms with Gasteiger partial charge < -0.3 is 10.5 Å². The fourth-order valence-electron chi connectivity index (χ4n) is 2.40. The Bertz CT molecular complexity index is 669. The SMILES string of the molecule is CCOC(=O)c1cc(Br)cc(S(=O)(=O)N2CCC(CN)C2)c1.Cl. The first-order valence-corrected chi connectivity index (χ1v) is 9.29. The number of hydrogen-bond donors (Lipinski definition) is 1. The van der Waals surface area contributed by atoms with Gasteiger partial charge in [0, 0.05) is 17.6 Å². The van der Waals surface area contributed by atoms with Crippen molar-refractivity contribution in [2.24, 2.45) is 11.7 Å². The molecule has 0 spiro atoms. The standard InChI is InChI=1S/C14H19BrN2O4S.ClH/c1-2-21-14(18)11-5-12(15)7-13(6-11)22(19,20)17-4-3-10(8-16)9-17;/h5-7,10H,2-4,8-9,16H2,1H3;1H. The normalized spacial score (nSPS) is 18.5. The number of carbonyl (C=O) groups is 1. The third-order valence-corrected chi connectivity index (χ3v) is 5.90. The molecule has 23 heavy (non-hydrogen) atoms. The molecule has 0 aliphatic carbocycles. The van der Waals surface area contributed by atoms with E-state index in [0.29, 0.717) is 24.1 Å². The first-order chi connectivity index (χ1) is 10.4. The average molecular weight is 428 g/mol. The molecule has 1 atom stereocenters. The highest BCUT2D eigenvalue weighted by Gasteiger charge is 2.32. The van der Waals surface area contributed by atoms with Gasteiger partial charge in [-0.25, -0.2) is 13.2 Å². The summed E-state index contributed by atoms with van der Waals surface area (Å²) in [6.45, 7) is 3.27. The van der Waals surface area contributed by atoms with E-state index in [4.69, 9.17) is 10.5 Å². The van der Waals surface area contributed by atoms with E-state index >= 15 is 0 Å². The Kier molecular flexibility index (Phi) is 7.47. The Labute approximate surface area is 151 Å². The lowest BCUT2D eigenvalue weighted by Gasteiger charge is -2.17. The zero-order valence-electron chi connectivity index (χ0n) is 12.7. The molecule has 1 aliphatic heterocycles. The van der Waals surface area contributed by atoms with Gasteiger partial charge in [-0.15, -0.1) is 12.4 Å². The van der Waals surface area contributed by atoms with Crippen molar-refractivity contribution in [2.75, 3.05) is 26.2 Å². The lowest BCUT2D eigenvalue weighted by molar-refractivity contribution is 0.0526. The van der Waals surface area contributed by atoms with Crippen molar-refractivity contribution in [3.63, 3.8) is 0 Å². The van der Waals surface area contributed by atoms with Crippen LogP contribution in [-0.4, -0.2) is 44.9 Å². The fourth-order valence-corrected chi connectivity index (χ4v) is 4.65. The molecule has 0 aromatic heterocycles. The lowest BCUT2D eigenvalue weighted by Crippen LogP contribution is -2.30. The molecule has 0 saturated carbocycles. The highest BCUT2D eigenvalue weighted by Crippen LogP contribution is 2.27. The van der Waals surface area contributed by atoms with Gasteiger partial charge in [0.25, 0.3) is 0 Å². The van der Waals surface area contributed by atoms with Gasteiger partial charge in [0.05, 0.1) is 17.1 Å². The van der Waals surface area contributed by atoms with Crippen LogP contribution in [0.25, 0.3) is 0 Å². The van der Waals surface area contributed by atoms with Gasteiger partial charge >= 0.3 is 5.97 Å². The van der Waals surface area contributed by atoms with E-state index in [2.05, 4.69) is 15.9 Å². The van der Waals surface area contributed by atoms with Crippen LogP contribution in [0.4, 0.5) is 0 Å². The summed E-state index contributed by atoms with van der Waals surface area (Å²) < 4.78 is 32.2. The number of carbonyl (C=O) groups excluding carboxylic acids is 1. The number of hydrogen-bond acceptors (Lipinski definition) is 5. The molecule has 130 valence electrons. The topological polar surface area (TPSA) is 89.7 Å². The zero-order valence-corrected chi connectivity index (χ0v) is 15.9. The van der Waals surface area contributed by atoms with Crippen molar-refractivity contribution < 1.29 is 17.9 Å². The third-order valence-electron chi connectivity index (χ3n) is 3.60. The minimum absolute atomic E-state index is 0. The zero-order chi connectivity index (χ0) is 16.3. The second-order valence-electron chi connectivity index (χ2n) is 5.15. The first kappa shape index (κ1) is 20.4. The van der Waals surface area contributed by atoms with Crippen molar-refractivity contribution in [1.82, 2.24) is 4.31 Å². The molecule has 1 unspecified atom stereocenters. The van der Waals surface area contributed by atoms with Crippen LogP contribution in [0.15, 0.2) is 27.6 Å². The number of halogens is 2. The van der Waals surface area contributed by atoms with Gasteiger partial charge in [0.2, 0.25) is 10.0 Å². The van der Waals surface area contributed by atoms with Crippen molar-refractivity contribution in [2.45, 2.75) is 18.2 Å². The second kappa shape index (κ2) is 8.43. The van der Waals surface area contributed by atoms with Crippen molar-refractivity contribution >= 4 is 44.3 Å². The van der Waals surface area contributed by atoms with Crippen LogP contribution in [0.3, 0.4) is 0 Å². The predicted octanol–water partition coefficient (Wildman–Crippen LogP) is 2.02. The van der Waals surface area contributed by atoms with Crippen molar-refractivity contribution in [3.05, 3.63) is 28.2 Å². The van der Waals surface area contributed by atoms with Crippen LogP contribution in [0.1, 0.15) is 23.7 Å². The molecule has 2 rings (SSSR count). The minimum atomic E-state index is -3.64. The Morgan fingerprint density at radius 1 is 1.43 bits per heavy atom. The van der Waals surface area contributed by atoms with E-state index < -0.39 is 16.0 Å². The smallest absolute Gasteiger partial charge is 0.338 e. The van der Waals surface area contributed by atoms with Crippen LogP contribution in [0.2, 0.25) is 0 Å². The molecule has 1 heterocycles. The van der Waals surface area contributed by atoms with E-state index in [0.717, 1.165) is 6.42 Å². The van der Waals surface area contributed by atoms with Crippen molar-refractivity contribution in [3.8, 4) is 0 Å². The monoisotopic (exact) mass is 426 g/mol. The molecular weight excluding hydrogens is 408 g/mol. The highest BCUT2D eigenvalue weighted by molar-refractivity contribution is 9.10. The summed E-state index contributed by atoms with van der Waals surface area (Å²) >= 11 is 3.25. The number of nitrogens with two attached hydrogens (primary N) is 1. The van der Waals surface area contributed by atoms with Crippen LogP contribution in [-0.2, 0) is 14.8 Å². The lowest BCUT2D eigenvalue weighted by atomic mass is 10.1. The van der Waals surface area contributed by atoms with E-state index in [1.807, 2.05) is 0 Å². The maximum atomic E-state index is 12.7. The van der Waals surface area contributed by atoms with Crippen molar-refractivity contribution in [1.29, 1.82) is 0 Å². The number of rotatable bonds is 5. The van der Waals surface area contributed by atoms with Crippen LogP contribution in [0.5, 0.6) is 0 Å². The number of ether oxygens (including phenoxy) is 1. The average Bonchev–Trinajstić information content (AvgIpc) is 2.96. The minimum Gasteiger partial charge on any atom is -0.462 e. The molecule has 0 amide bonds. The Balaban J connectivity index is 0.00000264. The number of esters is 1. The summed E-state index contributed by atoms with van der Waals surface area (Å²) in [6.07, 6.45) is 0.758. The molecule has 6 nitrogen and oxygen atoms in total. The van der Waals surface area contributed by atoms with Gasteiger partial charge in [-0.3, -0.25) is 0 Å². The number of nitrogens with zero attached hydrogens (tertiary/aromatic N) is 1. The summed E-state index contributed by atoms with van der Waals surface area (Å²) in [5.41, 5.74) is 5.82. The summed E-state index contributed by atoms with van der Waals surface area (Å²) in [7, 11) is -3.64. The molecule has 1 aromatic carbocycles. The van der Waals surface area contributed by atoms with E-state index in [1.165, 1.54) is 16.4 Å². The largest absolute Gasteiger partial charge is 0.462 e. The Morgan fingerprint density at radius 2 is 2.13 bits per heavy atom. The molecule has 0 bridgehead atoms. The summed E-state index contributed by atoms with van der Waals surface area (Å²) in [5, 5.41) is 0. The van der Waals surface area contributed by atoms with E-state index in [1.54, 1.807) is 13.0 Å². The number of benzene rings is 1. The van der Waals surface area contributed by atoms with Gasteiger partial charge in [0.15, 0.2) is 0 Å². The second-order valence-corrected chi connectivity index (χ2v) is 8.00. The molecule has 1 fully saturated rings. The summed E-state index contributed by atoms with van der Waals surface area (Å²) in [5.74, 6) is -0.354. The van der Waals surface area contributed by atoms with Crippen LogP contribution < -0.4 is 5.73 Å². The summed E-state index contributed by atoms with van der Waals surface area (Å²) in [4.78, 5) is 11.9. The molecule has 9 heteroatoms. The molecular formula is C14H20BrClN2O4S. The van der Waals surface area contributed by atoms with Gasteiger partial charge in [-0.1, -0.05) is 15.9 Å². The van der Waals surface area contributed by atoms with Crippen LogP contribution in [0, 0.1) is 5.92 Å². The number of sulfonamides is 1. The highest BCUT2D eigenvalue weighted by atomic mass is 79.9. The third kappa shape index (κ3) is 4.67. The molecule has 0 radical (unpaired) electrons. The predicted molar refractivity (Wildman–Crippen MR) is 93.3 cm³/mol. The first-order valence-electron chi connectivity index (χ1n) is 7.06.